The van der Waals surface area contributed by atoms with Gasteiger partial charge in [-0.25, -0.2) is 4.79 Å². The Balaban J connectivity index is 2.27. The Morgan fingerprint density at radius 1 is 1.77 bits per heavy atom. The third-order valence-electron chi connectivity index (χ3n) is 2.21. The third kappa shape index (κ3) is 1.06. The predicted molar refractivity (Wildman–Crippen MR) is 46.8 cm³/mol. The van der Waals surface area contributed by atoms with Crippen molar-refractivity contribution in [2.24, 2.45) is 5.73 Å². The van der Waals surface area contributed by atoms with Gasteiger partial charge in [0.2, 0.25) is 5.91 Å². The summed E-state index contributed by atoms with van der Waals surface area (Å²) in [6.45, 7) is 0. The molecule has 3 N–H and O–H groups in total. The smallest absolute Gasteiger partial charge is 0.353 e. The molecule has 5 nitrogen and oxygen atoms in total. The van der Waals surface area contributed by atoms with Gasteiger partial charge in [0.15, 0.2) is 0 Å². The van der Waals surface area contributed by atoms with Gasteiger partial charge in [-0.1, -0.05) is 0 Å². The number of aliphatic carboxylic acids is 1. The van der Waals surface area contributed by atoms with Gasteiger partial charge in [-0.05, 0) is 0 Å². The molecule has 2 rings (SSSR count). The number of hydrogen-bond donors (Lipinski definition) is 2. The number of fused-ring (bicyclic) bond motifs is 1. The number of thioether (sulfide) groups is 1. The lowest BCUT2D eigenvalue weighted by molar-refractivity contribution is -0.150. The number of β-lactam (4-membered cyclic amide) rings is 1. The van der Waals surface area contributed by atoms with E-state index in [0.29, 0.717) is 5.75 Å². The van der Waals surface area contributed by atoms with Crippen molar-refractivity contribution in [2.45, 2.75) is 12.1 Å². The van der Waals surface area contributed by atoms with Crippen LogP contribution in [-0.4, -0.2) is 39.7 Å². The lowest BCUT2D eigenvalue weighted by Gasteiger charge is -2.46. The summed E-state index contributed by atoms with van der Waals surface area (Å²) in [5, 5.41) is 10.2. The van der Waals surface area contributed by atoms with Gasteiger partial charge in [-0.3, -0.25) is 9.69 Å². The molecule has 13 heavy (non-hydrogen) atoms. The number of carboxylic acids is 1. The van der Waals surface area contributed by atoms with Crippen LogP contribution in [0.4, 0.5) is 0 Å². The van der Waals surface area contributed by atoms with E-state index in [-0.39, 0.29) is 17.6 Å². The van der Waals surface area contributed by atoms with E-state index in [1.54, 1.807) is 0 Å². The molecule has 0 spiro atoms. The van der Waals surface area contributed by atoms with E-state index in [0.717, 1.165) is 0 Å². The number of carboxylic acid groups (broad SMARTS) is 1. The highest BCUT2D eigenvalue weighted by Gasteiger charge is 2.49. The van der Waals surface area contributed by atoms with Crippen molar-refractivity contribution >= 4 is 23.6 Å². The minimum Gasteiger partial charge on any atom is -0.477 e. The number of hydrogen-bond acceptors (Lipinski definition) is 4. The quantitative estimate of drug-likeness (QED) is 0.541. The van der Waals surface area contributed by atoms with Gasteiger partial charge in [0, 0.05) is 11.2 Å². The van der Waals surface area contributed by atoms with Gasteiger partial charge >= 0.3 is 5.97 Å². The zero-order valence-electron chi connectivity index (χ0n) is 6.64. The first-order valence-electron chi connectivity index (χ1n) is 3.76. The first-order valence-corrected chi connectivity index (χ1v) is 4.81. The average Bonchev–Trinajstić information content (AvgIpc) is 2.15. The van der Waals surface area contributed by atoms with Crippen LogP contribution in [0.3, 0.4) is 0 Å². The second-order valence-electron chi connectivity index (χ2n) is 2.94. The molecule has 1 fully saturated rings. The summed E-state index contributed by atoms with van der Waals surface area (Å²) < 4.78 is 0. The molecule has 0 saturated carbocycles. The summed E-state index contributed by atoms with van der Waals surface area (Å²) in [5.41, 5.74) is 5.56. The molecule has 70 valence electrons. The fraction of sp³-hybridized carbons (Fsp3) is 0.429. The van der Waals surface area contributed by atoms with E-state index in [1.807, 2.05) is 0 Å². The molecule has 0 radical (unpaired) electrons. The van der Waals surface area contributed by atoms with Gasteiger partial charge in [0.25, 0.3) is 0 Å². The molecule has 0 aliphatic carbocycles. The maximum Gasteiger partial charge on any atom is 0.353 e. The van der Waals surface area contributed by atoms with Crippen LogP contribution in [0.5, 0.6) is 0 Å². The zero-order valence-corrected chi connectivity index (χ0v) is 7.45. The van der Waals surface area contributed by atoms with Crippen molar-refractivity contribution < 1.29 is 14.7 Å². The van der Waals surface area contributed by atoms with E-state index >= 15 is 0 Å². The maximum absolute atomic E-state index is 11.2. The average molecular weight is 200 g/mol. The van der Waals surface area contributed by atoms with Crippen LogP contribution in [0.25, 0.3) is 0 Å². The Kier molecular flexibility index (Phi) is 1.81. The molecule has 2 atom stereocenters. The number of amides is 1. The molecule has 1 saturated heterocycles. The van der Waals surface area contributed by atoms with E-state index in [2.05, 4.69) is 0 Å². The molecule has 1 amide bonds. The fourth-order valence-corrected chi connectivity index (χ4v) is 2.50. The number of rotatable bonds is 1. The standard InChI is InChI=1S/C7H8N2O3S/c8-5-3-1-13-2-4(7(11)12)9(3)6(5)10/h2-3,5H,1,8H2,(H,11,12)/t3-,5+/m1/s1. The van der Waals surface area contributed by atoms with Crippen LogP contribution in [0.2, 0.25) is 0 Å². The molecule has 2 heterocycles. The second-order valence-corrected chi connectivity index (χ2v) is 3.85. The normalized spacial score (nSPS) is 31.9. The molecule has 0 bridgehead atoms. The summed E-state index contributed by atoms with van der Waals surface area (Å²) in [7, 11) is 0. The minimum absolute atomic E-state index is 0.0490. The maximum atomic E-state index is 11.2. The molecule has 0 aromatic heterocycles. The van der Waals surface area contributed by atoms with Gasteiger partial charge in [0.1, 0.15) is 11.7 Å². The third-order valence-corrected chi connectivity index (χ3v) is 3.13. The first kappa shape index (κ1) is 8.58. The summed E-state index contributed by atoms with van der Waals surface area (Å²) >= 11 is 1.38. The molecule has 2 aliphatic rings. The number of carbonyl (C=O) groups is 2. The molecule has 0 aromatic rings. The van der Waals surface area contributed by atoms with Crippen molar-refractivity contribution in [3.05, 3.63) is 11.1 Å². The first-order chi connectivity index (χ1) is 6.13. The largest absolute Gasteiger partial charge is 0.477 e. The minimum atomic E-state index is -1.07. The number of nitrogens with zero attached hydrogens (tertiary/aromatic N) is 1. The summed E-state index contributed by atoms with van der Waals surface area (Å²) in [6, 6.07) is -0.649. The Hall–Kier alpha value is -1.01. The molecule has 0 aromatic carbocycles. The SMILES string of the molecule is N[C@@H]1C(=O)N2C(C(=O)O)=CSC[C@H]12. The van der Waals surface area contributed by atoms with Crippen LogP contribution >= 0.6 is 11.8 Å². The summed E-state index contributed by atoms with van der Waals surface area (Å²) in [6.07, 6.45) is 0. The molecular weight excluding hydrogens is 192 g/mol. The van der Waals surface area contributed by atoms with Crippen LogP contribution in [-0.2, 0) is 9.59 Å². The van der Waals surface area contributed by atoms with Crippen molar-refractivity contribution in [2.75, 3.05) is 5.75 Å². The van der Waals surface area contributed by atoms with Crippen molar-refractivity contribution in [1.29, 1.82) is 0 Å². The summed E-state index contributed by atoms with van der Waals surface area (Å²) in [4.78, 5) is 23.1. The van der Waals surface area contributed by atoms with E-state index in [9.17, 15) is 9.59 Å². The zero-order chi connectivity index (χ0) is 9.59. The Morgan fingerprint density at radius 3 is 3.08 bits per heavy atom. The van der Waals surface area contributed by atoms with Gasteiger partial charge in [0.05, 0.1) is 6.04 Å². The fourth-order valence-electron chi connectivity index (χ4n) is 1.48. The van der Waals surface area contributed by atoms with Crippen LogP contribution in [0.15, 0.2) is 11.1 Å². The van der Waals surface area contributed by atoms with Crippen LogP contribution < -0.4 is 5.73 Å². The summed E-state index contributed by atoms with van der Waals surface area (Å²) in [5.74, 6) is -0.680. The highest BCUT2D eigenvalue weighted by molar-refractivity contribution is 8.02. The molecular formula is C7H8N2O3S. The van der Waals surface area contributed by atoms with Gasteiger partial charge in [-0.15, -0.1) is 11.8 Å². The monoisotopic (exact) mass is 200 g/mol. The van der Waals surface area contributed by atoms with Crippen LogP contribution in [0.1, 0.15) is 0 Å². The van der Waals surface area contributed by atoms with Gasteiger partial charge in [-0.2, -0.15) is 0 Å². The molecule has 2 aliphatic heterocycles. The Bertz CT molecular complexity index is 315. The van der Waals surface area contributed by atoms with Crippen molar-refractivity contribution in [3.8, 4) is 0 Å². The van der Waals surface area contributed by atoms with Gasteiger partial charge < -0.3 is 10.8 Å². The molecule has 0 unspecified atom stereocenters. The molecule has 6 heteroatoms. The van der Waals surface area contributed by atoms with E-state index in [1.165, 1.54) is 22.1 Å². The Labute approximate surface area is 78.6 Å². The van der Waals surface area contributed by atoms with Crippen molar-refractivity contribution in [3.63, 3.8) is 0 Å². The Morgan fingerprint density at radius 2 is 2.46 bits per heavy atom. The predicted octanol–water partition coefficient (Wildman–Crippen LogP) is -0.803. The van der Waals surface area contributed by atoms with Crippen molar-refractivity contribution in [1.82, 2.24) is 4.90 Å². The number of carbonyl (C=O) groups excluding carboxylic acids is 1. The lowest BCUT2D eigenvalue weighted by Crippen LogP contribution is -2.70. The van der Waals surface area contributed by atoms with E-state index < -0.39 is 12.0 Å². The van der Waals surface area contributed by atoms with E-state index in [4.69, 9.17) is 10.8 Å². The highest BCUT2D eigenvalue weighted by atomic mass is 32.2. The van der Waals surface area contributed by atoms with Crippen LogP contribution in [0, 0.1) is 0 Å². The lowest BCUT2D eigenvalue weighted by atomic mass is 9.96. The highest BCUT2D eigenvalue weighted by Crippen LogP contribution is 2.32. The number of nitrogens with two attached hydrogens (primary N) is 1. The second kappa shape index (κ2) is 2.74. The topological polar surface area (TPSA) is 83.6 Å².